The van der Waals surface area contributed by atoms with Crippen LogP contribution in [0.5, 0.6) is 11.5 Å². The normalized spacial score (nSPS) is 11.5. The van der Waals surface area contributed by atoms with Crippen LogP contribution >= 0.6 is 0 Å². The van der Waals surface area contributed by atoms with Gasteiger partial charge in [0.25, 0.3) is 0 Å². The van der Waals surface area contributed by atoms with Gasteiger partial charge in [-0.2, -0.15) is 0 Å². The molecule has 28 heavy (non-hydrogen) atoms. The summed E-state index contributed by atoms with van der Waals surface area (Å²) in [6, 6.07) is 10.9. The summed E-state index contributed by atoms with van der Waals surface area (Å²) in [6.45, 7) is 4.97. The highest BCUT2D eigenvalue weighted by molar-refractivity contribution is 5.95. The van der Waals surface area contributed by atoms with Gasteiger partial charge in [-0.25, -0.2) is 4.79 Å². The number of ether oxygens (including phenoxy) is 2. The quantitative estimate of drug-likeness (QED) is 0.266. The molecule has 0 fully saturated rings. The maximum absolute atomic E-state index is 11.9. The minimum Gasteiger partial charge on any atom is -0.494 e. The van der Waals surface area contributed by atoms with Crippen molar-refractivity contribution in [2.75, 3.05) is 18.5 Å². The molecule has 2 aromatic carbocycles. The molecular weight excluding hydrogens is 358 g/mol. The number of nitrogens with one attached hydrogen (secondary N) is 2. The number of unbranched alkanes of at least 4 members (excludes halogenated alkanes) is 1. The zero-order valence-electron chi connectivity index (χ0n) is 16.2. The van der Waals surface area contributed by atoms with E-state index < -0.39 is 12.0 Å². The molecule has 0 spiro atoms. The average Bonchev–Trinajstić information content (AvgIpc) is 2.66. The van der Waals surface area contributed by atoms with Gasteiger partial charge in [-0.3, -0.25) is 5.41 Å². The van der Waals surface area contributed by atoms with Crippen LogP contribution in [0, 0.1) is 5.41 Å². The lowest BCUT2D eigenvalue weighted by atomic mass is 10.1. The Kier molecular flexibility index (Phi) is 7.68. The molecule has 0 aliphatic heterocycles. The van der Waals surface area contributed by atoms with Crippen molar-refractivity contribution in [3.8, 4) is 11.5 Å². The van der Waals surface area contributed by atoms with Crippen LogP contribution in [0.3, 0.4) is 0 Å². The molecule has 1 atom stereocenters. The molecule has 2 aromatic rings. The summed E-state index contributed by atoms with van der Waals surface area (Å²) < 4.78 is 11.3. The van der Waals surface area contributed by atoms with E-state index in [-0.39, 0.29) is 5.84 Å². The third-order valence-electron chi connectivity index (χ3n) is 4.07. The molecule has 7 heteroatoms. The fourth-order valence-electron chi connectivity index (χ4n) is 2.63. The molecule has 2 rings (SSSR count). The Morgan fingerprint density at radius 2 is 1.79 bits per heavy atom. The Balaban J connectivity index is 2.29. The molecule has 7 nitrogen and oxygen atoms in total. The highest BCUT2D eigenvalue weighted by Crippen LogP contribution is 2.29. The maximum atomic E-state index is 11.9. The number of rotatable bonds is 11. The summed E-state index contributed by atoms with van der Waals surface area (Å²) in [4.78, 5) is 11.9. The highest BCUT2D eigenvalue weighted by Gasteiger charge is 2.21. The summed E-state index contributed by atoms with van der Waals surface area (Å²) in [5.74, 6) is 0.0734. The third kappa shape index (κ3) is 5.90. The lowest BCUT2D eigenvalue weighted by molar-refractivity contribution is -0.138. The fraction of sp³-hybridized carbons (Fsp3) is 0.333. The van der Waals surface area contributed by atoms with Gasteiger partial charge in [-0.15, -0.1) is 0 Å². The van der Waals surface area contributed by atoms with E-state index >= 15 is 0 Å². The number of carbonyl (C=O) groups is 1. The predicted octanol–water partition coefficient (Wildman–Crippen LogP) is 3.79. The predicted molar refractivity (Wildman–Crippen MR) is 109 cm³/mol. The van der Waals surface area contributed by atoms with Crippen molar-refractivity contribution in [1.29, 1.82) is 5.41 Å². The lowest BCUT2D eigenvalue weighted by Gasteiger charge is -2.19. The van der Waals surface area contributed by atoms with Gasteiger partial charge < -0.3 is 25.6 Å². The molecule has 0 saturated carbocycles. The number of hydrogen-bond donors (Lipinski definition) is 4. The number of carboxylic acids is 1. The molecule has 0 bridgehead atoms. The van der Waals surface area contributed by atoms with Crippen molar-refractivity contribution in [3.05, 3.63) is 53.6 Å². The summed E-state index contributed by atoms with van der Waals surface area (Å²) in [7, 11) is 0. The topological polar surface area (TPSA) is 118 Å². The van der Waals surface area contributed by atoms with Gasteiger partial charge in [0.15, 0.2) is 6.04 Å². The SMILES string of the molecule is CCCCOc1cc(OCC)cc([C@@H](Nc2ccc(C(=N)N)cc2)C(=O)O)c1. The van der Waals surface area contributed by atoms with Gasteiger partial charge in [0.1, 0.15) is 17.3 Å². The molecule has 0 heterocycles. The summed E-state index contributed by atoms with van der Waals surface area (Å²) >= 11 is 0. The van der Waals surface area contributed by atoms with E-state index in [0.717, 1.165) is 12.8 Å². The molecule has 0 unspecified atom stereocenters. The van der Waals surface area contributed by atoms with Gasteiger partial charge in [0, 0.05) is 17.3 Å². The van der Waals surface area contributed by atoms with Crippen molar-refractivity contribution in [2.24, 2.45) is 5.73 Å². The second-order valence-corrected chi connectivity index (χ2v) is 6.28. The van der Waals surface area contributed by atoms with E-state index in [1.54, 1.807) is 42.5 Å². The first kappa shape index (κ1) is 21.1. The van der Waals surface area contributed by atoms with Crippen LogP contribution < -0.4 is 20.5 Å². The number of anilines is 1. The number of amidine groups is 1. The van der Waals surface area contributed by atoms with E-state index in [4.69, 9.17) is 20.6 Å². The van der Waals surface area contributed by atoms with Gasteiger partial charge >= 0.3 is 5.97 Å². The summed E-state index contributed by atoms with van der Waals surface area (Å²) in [6.07, 6.45) is 1.92. The summed E-state index contributed by atoms with van der Waals surface area (Å²) in [5.41, 5.74) is 7.16. The first-order chi connectivity index (χ1) is 13.4. The minimum absolute atomic E-state index is 0.0420. The lowest BCUT2D eigenvalue weighted by Crippen LogP contribution is -2.21. The summed E-state index contributed by atoms with van der Waals surface area (Å²) in [5, 5.41) is 20.2. The van der Waals surface area contributed by atoms with Crippen molar-refractivity contribution >= 4 is 17.5 Å². The van der Waals surface area contributed by atoms with Crippen LogP contribution in [-0.2, 0) is 4.79 Å². The van der Waals surface area contributed by atoms with E-state index in [1.165, 1.54) is 0 Å². The van der Waals surface area contributed by atoms with E-state index in [2.05, 4.69) is 12.2 Å². The molecule has 0 saturated heterocycles. The van der Waals surface area contributed by atoms with Crippen LogP contribution in [0.15, 0.2) is 42.5 Å². The number of nitrogens with two attached hydrogens (primary N) is 1. The molecule has 0 aliphatic carbocycles. The number of hydrogen-bond acceptors (Lipinski definition) is 5. The van der Waals surface area contributed by atoms with Gasteiger partial charge in [0.2, 0.25) is 0 Å². The fourth-order valence-corrected chi connectivity index (χ4v) is 2.63. The average molecular weight is 385 g/mol. The second-order valence-electron chi connectivity index (χ2n) is 6.28. The Morgan fingerprint density at radius 3 is 2.32 bits per heavy atom. The molecule has 150 valence electrons. The second kappa shape index (κ2) is 10.2. The first-order valence-corrected chi connectivity index (χ1v) is 9.29. The van der Waals surface area contributed by atoms with Crippen molar-refractivity contribution in [1.82, 2.24) is 0 Å². The number of nitrogen functional groups attached to an aromatic ring is 1. The van der Waals surface area contributed by atoms with Gasteiger partial charge in [-0.1, -0.05) is 13.3 Å². The van der Waals surface area contributed by atoms with Crippen LogP contribution in [0.1, 0.15) is 43.9 Å². The smallest absolute Gasteiger partial charge is 0.330 e. The third-order valence-corrected chi connectivity index (χ3v) is 4.07. The monoisotopic (exact) mass is 385 g/mol. The Bertz CT molecular complexity index is 806. The zero-order valence-corrected chi connectivity index (χ0v) is 16.2. The van der Waals surface area contributed by atoms with Crippen LogP contribution in [0.4, 0.5) is 5.69 Å². The standard InChI is InChI=1S/C21H27N3O4/c1-3-5-10-28-18-12-15(11-17(13-18)27-4-2)19(21(25)26)24-16-8-6-14(7-9-16)20(22)23/h6-9,11-13,19,24H,3-5,10H2,1-2H3,(H3,22,23)(H,25,26)/t19-/m1/s1. The Morgan fingerprint density at radius 1 is 1.14 bits per heavy atom. The maximum Gasteiger partial charge on any atom is 0.330 e. The van der Waals surface area contributed by atoms with E-state index in [9.17, 15) is 9.90 Å². The van der Waals surface area contributed by atoms with Crippen molar-refractivity contribution < 1.29 is 19.4 Å². The largest absolute Gasteiger partial charge is 0.494 e. The molecule has 5 N–H and O–H groups in total. The van der Waals surface area contributed by atoms with Crippen LogP contribution in [0.25, 0.3) is 0 Å². The molecular formula is C21H27N3O4. The minimum atomic E-state index is -1.02. The first-order valence-electron chi connectivity index (χ1n) is 9.29. The Labute approximate surface area is 165 Å². The van der Waals surface area contributed by atoms with Crippen LogP contribution in [-0.4, -0.2) is 30.1 Å². The van der Waals surface area contributed by atoms with E-state index in [1.807, 2.05) is 6.92 Å². The van der Waals surface area contributed by atoms with Crippen molar-refractivity contribution in [3.63, 3.8) is 0 Å². The van der Waals surface area contributed by atoms with Gasteiger partial charge in [0.05, 0.1) is 13.2 Å². The number of carboxylic acid groups (broad SMARTS) is 1. The molecule has 0 amide bonds. The molecule has 0 radical (unpaired) electrons. The number of benzene rings is 2. The number of aliphatic carboxylic acids is 1. The Hall–Kier alpha value is -3.22. The van der Waals surface area contributed by atoms with E-state index in [0.29, 0.717) is 41.5 Å². The molecule has 0 aromatic heterocycles. The zero-order chi connectivity index (χ0) is 20.5. The highest BCUT2D eigenvalue weighted by atomic mass is 16.5. The van der Waals surface area contributed by atoms with Crippen molar-refractivity contribution in [2.45, 2.75) is 32.7 Å². The van der Waals surface area contributed by atoms with Gasteiger partial charge in [-0.05, 0) is 55.3 Å². The molecule has 0 aliphatic rings. The van der Waals surface area contributed by atoms with Crippen LogP contribution in [0.2, 0.25) is 0 Å².